The summed E-state index contributed by atoms with van der Waals surface area (Å²) in [5, 5.41) is 19.4. The number of carbonyl (C=O) groups excluding carboxylic acids is 4. The number of hydrogen-bond acceptors (Lipinski definition) is 15. The van der Waals surface area contributed by atoms with Gasteiger partial charge in [0.25, 0.3) is 17.5 Å². The van der Waals surface area contributed by atoms with Crippen molar-refractivity contribution in [2.75, 3.05) is 24.6 Å². The Kier molecular flexibility index (Phi) is 11.0. The van der Waals surface area contributed by atoms with Crippen LogP contribution in [0.5, 0.6) is 0 Å². The van der Waals surface area contributed by atoms with E-state index in [-0.39, 0.29) is 58.6 Å². The van der Waals surface area contributed by atoms with E-state index < -0.39 is 45.8 Å². The first-order valence-electron chi connectivity index (χ1n) is 13.6. The minimum atomic E-state index is -1.06. The van der Waals surface area contributed by atoms with Crippen LogP contribution in [0.4, 0.5) is 15.6 Å². The fraction of sp³-hybridized carbons (Fsp3) is 0.423. The summed E-state index contributed by atoms with van der Waals surface area (Å²) in [6.07, 6.45) is -0.259. The first kappa shape index (κ1) is 34.4. The zero-order valence-corrected chi connectivity index (χ0v) is 27.1. The van der Waals surface area contributed by atoms with Gasteiger partial charge >= 0.3 is 12.1 Å². The molecular formula is C26H29ClN8O9S2. The molecule has 2 aliphatic rings. The smallest absolute Gasteiger partial charge is 0.407 e. The number of nitrogens with two attached hydrogens (primary N) is 1. The number of non-ortho nitro benzene ring substituents is 1. The van der Waals surface area contributed by atoms with Crippen LogP contribution in [0.25, 0.3) is 0 Å². The Hall–Kier alpha value is -4.49. The van der Waals surface area contributed by atoms with Crippen LogP contribution >= 0.6 is 34.9 Å². The number of β-lactam (4-membered cyclic amide) rings is 1. The number of thioether (sulfide) groups is 1. The van der Waals surface area contributed by atoms with Crippen LogP contribution in [0.1, 0.15) is 38.6 Å². The van der Waals surface area contributed by atoms with Crippen molar-refractivity contribution in [1.82, 2.24) is 24.9 Å². The number of anilines is 1. The molecule has 1 unspecified atom stereocenters. The molecule has 0 saturated carbocycles. The first-order chi connectivity index (χ1) is 21.7. The van der Waals surface area contributed by atoms with Gasteiger partial charge in [0.2, 0.25) is 11.5 Å². The molecule has 2 aromatic rings. The topological polar surface area (TPSA) is 231 Å². The molecule has 1 aromatic carbocycles. The van der Waals surface area contributed by atoms with E-state index in [9.17, 15) is 29.3 Å². The SMILES string of the molecule is CC(C)(C)OC(=O)NCCCO/N=C(/C(=O)NC1C(=O)N2C(C(=O)OCc3ccc([N+](=O)[O-])cc3)=C(Cl)CS[C@H]12)c1nsc(N)n1. The minimum Gasteiger partial charge on any atom is -0.456 e. The highest BCUT2D eigenvalue weighted by atomic mass is 35.5. The zero-order chi connectivity index (χ0) is 33.6. The highest BCUT2D eigenvalue weighted by molar-refractivity contribution is 8.00. The molecule has 4 N–H and O–H groups in total. The highest BCUT2D eigenvalue weighted by Crippen LogP contribution is 2.41. The second kappa shape index (κ2) is 14.7. The van der Waals surface area contributed by atoms with Gasteiger partial charge in [0.1, 0.15) is 35.9 Å². The van der Waals surface area contributed by atoms with E-state index >= 15 is 0 Å². The maximum Gasteiger partial charge on any atom is 0.407 e. The zero-order valence-electron chi connectivity index (χ0n) is 24.7. The highest BCUT2D eigenvalue weighted by Gasteiger charge is 2.54. The second-order valence-corrected chi connectivity index (χ2v) is 13.0. The average Bonchev–Trinajstić information content (AvgIpc) is 3.42. The third-order valence-corrected chi connectivity index (χ3v) is 8.32. The molecular weight excluding hydrogens is 668 g/mol. The van der Waals surface area contributed by atoms with Crippen molar-refractivity contribution in [2.24, 2.45) is 5.16 Å². The summed E-state index contributed by atoms with van der Waals surface area (Å²) in [6, 6.07) is 4.37. The summed E-state index contributed by atoms with van der Waals surface area (Å²) in [5.41, 5.74) is 4.91. The number of nitro groups is 1. The van der Waals surface area contributed by atoms with Crippen molar-refractivity contribution < 1.29 is 38.4 Å². The third kappa shape index (κ3) is 8.61. The lowest BCUT2D eigenvalue weighted by Gasteiger charge is -2.49. The molecule has 2 aliphatic heterocycles. The van der Waals surface area contributed by atoms with Crippen LogP contribution in [0.3, 0.4) is 0 Å². The van der Waals surface area contributed by atoms with E-state index in [0.29, 0.717) is 12.0 Å². The van der Waals surface area contributed by atoms with Gasteiger partial charge in [-0.1, -0.05) is 16.8 Å². The van der Waals surface area contributed by atoms with Crippen LogP contribution in [-0.4, -0.2) is 84.7 Å². The number of carbonyl (C=O) groups is 4. The molecule has 17 nitrogen and oxygen atoms in total. The second-order valence-electron chi connectivity index (χ2n) is 10.6. The van der Waals surface area contributed by atoms with Crippen molar-refractivity contribution in [1.29, 1.82) is 0 Å². The maximum atomic E-state index is 13.3. The van der Waals surface area contributed by atoms with Gasteiger partial charge in [-0.3, -0.25) is 24.6 Å². The van der Waals surface area contributed by atoms with Crippen LogP contribution in [-0.2, 0) is 35.3 Å². The normalized spacial score (nSPS) is 17.9. The lowest BCUT2D eigenvalue weighted by molar-refractivity contribution is -0.384. The van der Waals surface area contributed by atoms with Crippen molar-refractivity contribution in [3.63, 3.8) is 0 Å². The van der Waals surface area contributed by atoms with Gasteiger partial charge < -0.3 is 30.7 Å². The molecule has 4 rings (SSSR count). The van der Waals surface area contributed by atoms with Crippen LogP contribution in [0, 0.1) is 10.1 Å². The number of amides is 3. The number of alkyl carbamates (subject to hydrolysis) is 1. The Labute approximate surface area is 275 Å². The number of nitrogen functional groups attached to an aromatic ring is 1. The van der Waals surface area contributed by atoms with E-state index in [1.165, 1.54) is 36.0 Å². The predicted octanol–water partition coefficient (Wildman–Crippen LogP) is 2.26. The van der Waals surface area contributed by atoms with Crippen LogP contribution in [0.2, 0.25) is 0 Å². The van der Waals surface area contributed by atoms with Gasteiger partial charge in [-0.05, 0) is 38.5 Å². The molecule has 2 atom stereocenters. The number of nitrogens with zero attached hydrogens (tertiary/aromatic N) is 5. The average molecular weight is 697 g/mol. The molecule has 1 fully saturated rings. The molecule has 0 spiro atoms. The molecule has 0 radical (unpaired) electrons. The number of halogens is 1. The lowest BCUT2D eigenvalue weighted by atomic mass is 10.0. The quantitative estimate of drug-likeness (QED) is 0.0723. The fourth-order valence-electron chi connectivity index (χ4n) is 3.98. The minimum absolute atomic E-state index is 0.00938. The third-order valence-electron chi connectivity index (χ3n) is 6.02. The summed E-state index contributed by atoms with van der Waals surface area (Å²) >= 11 is 8.36. The monoisotopic (exact) mass is 696 g/mol. The summed E-state index contributed by atoms with van der Waals surface area (Å²) in [7, 11) is 0. The number of nitro benzene ring substituents is 1. The first-order valence-corrected chi connectivity index (χ1v) is 15.8. The number of oxime groups is 1. The number of ether oxygens (including phenoxy) is 2. The van der Waals surface area contributed by atoms with Gasteiger partial charge in [-0.2, -0.15) is 9.36 Å². The Morgan fingerprint density at radius 2 is 1.98 bits per heavy atom. The number of esters is 1. The number of rotatable bonds is 12. The van der Waals surface area contributed by atoms with Gasteiger partial charge in [0, 0.05) is 42.4 Å². The molecule has 3 heterocycles. The Balaban J connectivity index is 1.35. The summed E-state index contributed by atoms with van der Waals surface area (Å²) in [4.78, 5) is 71.9. The summed E-state index contributed by atoms with van der Waals surface area (Å²) < 4.78 is 14.5. The van der Waals surface area contributed by atoms with Crippen molar-refractivity contribution in [3.8, 4) is 0 Å². The Morgan fingerprint density at radius 1 is 1.26 bits per heavy atom. The van der Waals surface area contributed by atoms with E-state index in [1.54, 1.807) is 20.8 Å². The number of nitrogens with one attached hydrogen (secondary N) is 2. The number of benzene rings is 1. The Bertz CT molecular complexity index is 1580. The summed E-state index contributed by atoms with van der Waals surface area (Å²) in [5.74, 6) is -2.27. The molecule has 0 aliphatic carbocycles. The van der Waals surface area contributed by atoms with Gasteiger partial charge in [0.05, 0.1) is 9.96 Å². The van der Waals surface area contributed by atoms with Crippen molar-refractivity contribution >= 4 is 75.3 Å². The molecule has 246 valence electrons. The van der Waals surface area contributed by atoms with E-state index in [0.717, 1.165) is 16.4 Å². The largest absolute Gasteiger partial charge is 0.456 e. The molecule has 0 bridgehead atoms. The van der Waals surface area contributed by atoms with E-state index in [2.05, 4.69) is 25.1 Å². The molecule has 46 heavy (non-hydrogen) atoms. The summed E-state index contributed by atoms with van der Waals surface area (Å²) in [6.45, 7) is 5.23. The standard InChI is InChI=1S/C26H29ClN8O9S2/c1-26(2,3)44-25(39)29-9-4-10-43-32-16(19-31-24(28)46-33-19)20(36)30-17-21(37)34-18(15(27)12-45-22(17)34)23(38)42-11-13-5-7-14(8-6-13)35(40)41/h5-8,17,22H,4,9-12H2,1-3H3,(H,29,39)(H,30,36)(H2,28,31,33)/b32-16+/t17?,22-/m1/s1. The van der Waals surface area contributed by atoms with Crippen molar-refractivity contribution in [2.45, 2.75) is 50.8 Å². The maximum absolute atomic E-state index is 13.3. The fourth-order valence-corrected chi connectivity index (χ4v) is 5.96. The van der Waals surface area contributed by atoms with Crippen molar-refractivity contribution in [3.05, 3.63) is 56.5 Å². The molecule has 1 saturated heterocycles. The Morgan fingerprint density at radius 3 is 2.61 bits per heavy atom. The van der Waals surface area contributed by atoms with E-state index in [4.69, 9.17) is 31.6 Å². The van der Waals surface area contributed by atoms with E-state index in [1.807, 2.05) is 0 Å². The lowest BCUT2D eigenvalue weighted by Crippen LogP contribution is -2.71. The molecule has 3 amide bonds. The van der Waals surface area contributed by atoms with Gasteiger partial charge in [-0.15, -0.1) is 11.8 Å². The number of aromatic nitrogens is 2. The number of fused-ring (bicyclic) bond motifs is 1. The molecule has 1 aromatic heterocycles. The van der Waals surface area contributed by atoms with Crippen LogP contribution < -0.4 is 16.4 Å². The van der Waals surface area contributed by atoms with Gasteiger partial charge in [0.15, 0.2) is 5.13 Å². The van der Waals surface area contributed by atoms with Gasteiger partial charge in [-0.25, -0.2) is 9.59 Å². The predicted molar refractivity (Wildman–Crippen MR) is 166 cm³/mol. The number of hydrogen-bond donors (Lipinski definition) is 3. The van der Waals surface area contributed by atoms with Crippen LogP contribution in [0.15, 0.2) is 40.2 Å². The molecule has 20 heteroatoms.